The minimum absolute atomic E-state index is 0.953. The van der Waals surface area contributed by atoms with Gasteiger partial charge in [0.05, 0.1) is 0 Å². The summed E-state index contributed by atoms with van der Waals surface area (Å²) in [7, 11) is 0. The summed E-state index contributed by atoms with van der Waals surface area (Å²) in [5, 5.41) is 5.18. The Morgan fingerprint density at radius 3 is 1.96 bits per heavy atom. The fourth-order valence-electron chi connectivity index (χ4n) is 3.06. The first kappa shape index (κ1) is 14.7. The maximum atomic E-state index is 2.27. The largest absolute Gasteiger partial charge is 0.0799 e. The van der Waals surface area contributed by atoms with E-state index in [4.69, 9.17) is 0 Å². The zero-order chi connectivity index (χ0) is 16.2. The van der Waals surface area contributed by atoms with E-state index in [1.54, 1.807) is 0 Å². The van der Waals surface area contributed by atoms with Gasteiger partial charge in [-0.15, -0.1) is 0 Å². The molecule has 0 heterocycles. The summed E-state index contributed by atoms with van der Waals surface area (Å²) in [5.74, 6) is 0. The molecule has 24 heavy (non-hydrogen) atoms. The summed E-state index contributed by atoms with van der Waals surface area (Å²) in [6, 6.07) is 30.2. The highest BCUT2D eigenvalue weighted by atomic mass is 14.0. The van der Waals surface area contributed by atoms with Gasteiger partial charge in [0.25, 0.3) is 0 Å². The van der Waals surface area contributed by atoms with Crippen LogP contribution in [0.4, 0.5) is 0 Å². The van der Waals surface area contributed by atoms with Crippen LogP contribution in [0.2, 0.25) is 0 Å². The lowest BCUT2D eigenvalue weighted by Gasteiger charge is -2.02. The highest BCUT2D eigenvalue weighted by molar-refractivity contribution is 5.85. The van der Waals surface area contributed by atoms with Crippen LogP contribution in [0.3, 0.4) is 0 Å². The van der Waals surface area contributed by atoms with Gasteiger partial charge in [0.15, 0.2) is 0 Å². The molecule has 0 unspecified atom stereocenters. The lowest BCUT2D eigenvalue weighted by Crippen LogP contribution is -1.84. The second-order valence-corrected chi connectivity index (χ2v) is 6.09. The van der Waals surface area contributed by atoms with Gasteiger partial charge >= 0.3 is 0 Å². The number of benzene rings is 4. The molecule has 0 fully saturated rings. The van der Waals surface area contributed by atoms with Gasteiger partial charge in [-0.25, -0.2) is 0 Å². The summed E-state index contributed by atoms with van der Waals surface area (Å²) < 4.78 is 0. The molecule has 0 N–H and O–H groups in total. The fourth-order valence-corrected chi connectivity index (χ4v) is 3.06. The molecule has 0 amide bonds. The summed E-state index contributed by atoms with van der Waals surface area (Å²) in [5.41, 5.74) is 2.58. The van der Waals surface area contributed by atoms with Crippen molar-refractivity contribution in [1.82, 2.24) is 0 Å². The van der Waals surface area contributed by atoms with E-state index in [0.29, 0.717) is 0 Å². The van der Waals surface area contributed by atoms with Gasteiger partial charge in [0, 0.05) is 0 Å². The molecule has 0 aliphatic rings. The summed E-state index contributed by atoms with van der Waals surface area (Å²) >= 11 is 0. The molecule has 115 valence electrons. The third-order valence-electron chi connectivity index (χ3n) is 4.37. The Kier molecular flexibility index (Phi) is 4.12. The molecule has 0 saturated heterocycles. The average Bonchev–Trinajstić information content (AvgIpc) is 2.65. The van der Waals surface area contributed by atoms with Gasteiger partial charge in [-0.05, 0) is 51.6 Å². The highest BCUT2D eigenvalue weighted by Gasteiger charge is 1.96. The van der Waals surface area contributed by atoms with E-state index in [-0.39, 0.29) is 0 Å². The molecular formula is C24H19. The molecule has 0 bridgehead atoms. The number of fused-ring (bicyclic) bond motifs is 2. The topological polar surface area (TPSA) is 0 Å². The van der Waals surface area contributed by atoms with Crippen molar-refractivity contribution in [3.05, 3.63) is 109 Å². The number of allylic oxidation sites excluding steroid dienone is 1. The molecule has 0 heteroatoms. The minimum atomic E-state index is 0.953. The maximum Gasteiger partial charge on any atom is -0.0123 e. The van der Waals surface area contributed by atoms with Gasteiger partial charge in [-0.3, -0.25) is 0 Å². The number of hydrogen-bond acceptors (Lipinski definition) is 0. The summed E-state index contributed by atoms with van der Waals surface area (Å²) in [4.78, 5) is 0. The van der Waals surface area contributed by atoms with Crippen molar-refractivity contribution in [2.24, 2.45) is 0 Å². The quantitative estimate of drug-likeness (QED) is 0.406. The second-order valence-electron chi connectivity index (χ2n) is 6.09. The van der Waals surface area contributed by atoms with Crippen molar-refractivity contribution < 1.29 is 0 Å². The van der Waals surface area contributed by atoms with E-state index < -0.39 is 0 Å². The smallest absolute Gasteiger partial charge is 0.0123 e. The van der Waals surface area contributed by atoms with E-state index in [0.717, 1.165) is 6.42 Å². The van der Waals surface area contributed by atoms with Crippen molar-refractivity contribution in [3.63, 3.8) is 0 Å². The number of hydrogen-bond donors (Lipinski definition) is 0. The molecule has 0 spiro atoms. The standard InChI is InChI=1S/C24H19/c1(7-19-13-15-21-9-3-5-11-23(21)17-19)2-8-20-14-16-22-10-4-6-12-24(22)18-20/h1-7,9-18H,8H2. The first-order valence-electron chi connectivity index (χ1n) is 8.35. The van der Waals surface area contributed by atoms with Crippen LogP contribution in [-0.2, 0) is 6.42 Å². The Hall–Kier alpha value is -2.86. The van der Waals surface area contributed by atoms with Crippen molar-refractivity contribution in [3.8, 4) is 0 Å². The van der Waals surface area contributed by atoms with Gasteiger partial charge in [0.2, 0.25) is 0 Å². The van der Waals surface area contributed by atoms with E-state index >= 15 is 0 Å². The Morgan fingerprint density at radius 2 is 1.21 bits per heavy atom. The number of rotatable bonds is 4. The van der Waals surface area contributed by atoms with Crippen LogP contribution < -0.4 is 0 Å². The van der Waals surface area contributed by atoms with E-state index in [1.807, 2.05) is 0 Å². The lowest BCUT2D eigenvalue weighted by molar-refractivity contribution is 1.21. The van der Waals surface area contributed by atoms with Crippen LogP contribution in [-0.4, -0.2) is 0 Å². The van der Waals surface area contributed by atoms with E-state index in [9.17, 15) is 0 Å². The van der Waals surface area contributed by atoms with E-state index in [1.165, 1.54) is 32.7 Å². The molecule has 0 aromatic heterocycles. The molecule has 4 rings (SSSR count). The van der Waals surface area contributed by atoms with Gasteiger partial charge in [-0.2, -0.15) is 0 Å². The zero-order valence-electron chi connectivity index (χ0n) is 13.5. The van der Waals surface area contributed by atoms with Crippen LogP contribution in [0.5, 0.6) is 0 Å². The van der Waals surface area contributed by atoms with Crippen molar-refractivity contribution in [1.29, 1.82) is 0 Å². The Labute approximate surface area is 143 Å². The van der Waals surface area contributed by atoms with Crippen molar-refractivity contribution in [2.75, 3.05) is 0 Å². The Balaban J connectivity index is 1.44. The molecule has 0 aliphatic heterocycles. The monoisotopic (exact) mass is 307 g/mol. The molecule has 4 aromatic rings. The predicted molar refractivity (Wildman–Crippen MR) is 105 cm³/mol. The molecule has 0 atom stereocenters. The normalized spacial score (nSPS) is 11.5. The fraction of sp³-hybridized carbons (Fsp3) is 0.0417. The minimum Gasteiger partial charge on any atom is -0.0799 e. The Bertz CT molecular complexity index is 1010. The first-order valence-corrected chi connectivity index (χ1v) is 8.35. The Morgan fingerprint density at radius 1 is 0.583 bits per heavy atom. The SMILES string of the molecule is [CH](C=Cc1ccc2ccccc2c1)Cc1ccc2ccccc2c1. The molecule has 0 saturated carbocycles. The van der Waals surface area contributed by atoms with E-state index in [2.05, 4.69) is 104 Å². The second kappa shape index (κ2) is 6.72. The molecule has 1 radical (unpaired) electrons. The molecule has 4 aromatic carbocycles. The van der Waals surface area contributed by atoms with Gasteiger partial charge in [-0.1, -0.05) is 91.0 Å². The molecule has 0 aliphatic carbocycles. The average molecular weight is 307 g/mol. The summed E-state index contributed by atoms with van der Waals surface area (Å²) in [6.07, 6.45) is 7.50. The maximum absolute atomic E-state index is 2.27. The summed E-state index contributed by atoms with van der Waals surface area (Å²) in [6.45, 7) is 0. The third kappa shape index (κ3) is 3.23. The van der Waals surface area contributed by atoms with Gasteiger partial charge < -0.3 is 0 Å². The zero-order valence-corrected chi connectivity index (χ0v) is 13.5. The van der Waals surface area contributed by atoms with Crippen LogP contribution in [0.25, 0.3) is 27.6 Å². The van der Waals surface area contributed by atoms with Gasteiger partial charge in [0.1, 0.15) is 0 Å². The highest BCUT2D eigenvalue weighted by Crippen LogP contribution is 2.18. The third-order valence-corrected chi connectivity index (χ3v) is 4.37. The lowest BCUT2D eigenvalue weighted by atomic mass is 10.0. The van der Waals surface area contributed by atoms with Crippen molar-refractivity contribution in [2.45, 2.75) is 6.42 Å². The van der Waals surface area contributed by atoms with Crippen LogP contribution in [0.15, 0.2) is 91.0 Å². The van der Waals surface area contributed by atoms with Crippen LogP contribution in [0.1, 0.15) is 11.1 Å². The predicted octanol–water partition coefficient (Wildman–Crippen LogP) is 6.45. The molecular weight excluding hydrogens is 288 g/mol. The first-order chi connectivity index (χ1) is 11.9. The molecule has 0 nitrogen and oxygen atoms in total. The van der Waals surface area contributed by atoms with Crippen LogP contribution >= 0.6 is 0 Å². The van der Waals surface area contributed by atoms with Crippen LogP contribution in [0, 0.1) is 6.42 Å². The van der Waals surface area contributed by atoms with Crippen molar-refractivity contribution >= 4 is 27.6 Å².